The van der Waals surface area contributed by atoms with E-state index in [0.717, 1.165) is 5.56 Å². The summed E-state index contributed by atoms with van der Waals surface area (Å²) < 4.78 is 18.2. The SMILES string of the molecule is CCOc1ccccc1C(=O)NCC(=O)NCCc1ccc(F)cc1. The average molecular weight is 344 g/mol. The number of carbonyl (C=O) groups excluding carboxylic acids is 2. The molecule has 2 aromatic carbocycles. The summed E-state index contributed by atoms with van der Waals surface area (Å²) in [5, 5.41) is 5.29. The van der Waals surface area contributed by atoms with E-state index < -0.39 is 0 Å². The molecule has 0 unspecified atom stereocenters. The number of ether oxygens (including phenoxy) is 1. The molecule has 2 amide bonds. The number of benzene rings is 2. The molecule has 0 saturated carbocycles. The fraction of sp³-hybridized carbons (Fsp3) is 0.263. The molecular formula is C19H21FN2O3. The van der Waals surface area contributed by atoms with Crippen molar-refractivity contribution in [3.63, 3.8) is 0 Å². The van der Waals surface area contributed by atoms with Gasteiger partial charge in [-0.25, -0.2) is 4.39 Å². The predicted molar refractivity (Wildman–Crippen MR) is 93.1 cm³/mol. The summed E-state index contributed by atoms with van der Waals surface area (Å²) in [4.78, 5) is 24.0. The molecule has 0 heterocycles. The van der Waals surface area contributed by atoms with E-state index in [-0.39, 0.29) is 24.2 Å². The first kappa shape index (κ1) is 18.4. The van der Waals surface area contributed by atoms with Crippen LogP contribution in [0.1, 0.15) is 22.8 Å². The van der Waals surface area contributed by atoms with Crippen LogP contribution in [0.5, 0.6) is 5.75 Å². The maximum absolute atomic E-state index is 12.8. The Kier molecular flexibility index (Phi) is 6.95. The molecule has 0 aliphatic rings. The summed E-state index contributed by atoms with van der Waals surface area (Å²) in [6, 6.07) is 13.0. The highest BCUT2D eigenvalue weighted by Gasteiger charge is 2.12. The van der Waals surface area contributed by atoms with Gasteiger partial charge in [0.25, 0.3) is 5.91 Å². The van der Waals surface area contributed by atoms with Crippen LogP contribution in [0, 0.1) is 5.82 Å². The van der Waals surface area contributed by atoms with Crippen LogP contribution < -0.4 is 15.4 Å². The minimum absolute atomic E-state index is 0.122. The molecule has 0 spiro atoms. The molecule has 2 aromatic rings. The molecule has 0 aliphatic heterocycles. The highest BCUT2D eigenvalue weighted by atomic mass is 19.1. The van der Waals surface area contributed by atoms with Gasteiger partial charge in [0.15, 0.2) is 0 Å². The molecular weight excluding hydrogens is 323 g/mol. The van der Waals surface area contributed by atoms with E-state index in [4.69, 9.17) is 4.74 Å². The Bertz CT molecular complexity index is 717. The van der Waals surface area contributed by atoms with Gasteiger partial charge in [-0.2, -0.15) is 0 Å². The minimum Gasteiger partial charge on any atom is -0.493 e. The Labute approximate surface area is 146 Å². The molecule has 0 aliphatic carbocycles. The average Bonchev–Trinajstić information content (AvgIpc) is 2.62. The Morgan fingerprint density at radius 2 is 1.76 bits per heavy atom. The number of hydrogen-bond acceptors (Lipinski definition) is 3. The van der Waals surface area contributed by atoms with Crippen molar-refractivity contribution in [3.8, 4) is 5.75 Å². The van der Waals surface area contributed by atoms with Crippen molar-refractivity contribution in [2.45, 2.75) is 13.3 Å². The van der Waals surface area contributed by atoms with Crippen LogP contribution in [-0.4, -0.2) is 31.5 Å². The van der Waals surface area contributed by atoms with Gasteiger partial charge in [-0.3, -0.25) is 9.59 Å². The van der Waals surface area contributed by atoms with Gasteiger partial charge in [0.05, 0.1) is 18.7 Å². The monoisotopic (exact) mass is 344 g/mol. The van der Waals surface area contributed by atoms with Crippen molar-refractivity contribution in [2.24, 2.45) is 0 Å². The zero-order valence-corrected chi connectivity index (χ0v) is 14.0. The topological polar surface area (TPSA) is 67.4 Å². The minimum atomic E-state index is -0.363. The van der Waals surface area contributed by atoms with Crippen molar-refractivity contribution in [1.29, 1.82) is 0 Å². The van der Waals surface area contributed by atoms with Crippen molar-refractivity contribution < 1.29 is 18.7 Å². The van der Waals surface area contributed by atoms with Crippen LogP contribution in [0.2, 0.25) is 0 Å². The summed E-state index contributed by atoms with van der Waals surface area (Å²) >= 11 is 0. The highest BCUT2D eigenvalue weighted by molar-refractivity contribution is 5.98. The first-order chi connectivity index (χ1) is 12.1. The van der Waals surface area contributed by atoms with E-state index in [1.807, 2.05) is 6.92 Å². The number of halogens is 1. The molecule has 132 valence electrons. The van der Waals surface area contributed by atoms with E-state index in [1.165, 1.54) is 12.1 Å². The second kappa shape index (κ2) is 9.42. The maximum Gasteiger partial charge on any atom is 0.255 e. The van der Waals surface area contributed by atoms with Crippen LogP contribution in [-0.2, 0) is 11.2 Å². The zero-order chi connectivity index (χ0) is 18.1. The molecule has 0 atom stereocenters. The molecule has 0 bridgehead atoms. The third-order valence-electron chi connectivity index (χ3n) is 3.49. The first-order valence-corrected chi connectivity index (χ1v) is 8.11. The normalized spacial score (nSPS) is 10.2. The van der Waals surface area contributed by atoms with Crippen molar-refractivity contribution in [3.05, 3.63) is 65.5 Å². The lowest BCUT2D eigenvalue weighted by Crippen LogP contribution is -2.37. The van der Waals surface area contributed by atoms with Gasteiger partial charge in [-0.1, -0.05) is 24.3 Å². The lowest BCUT2D eigenvalue weighted by atomic mass is 10.1. The highest BCUT2D eigenvalue weighted by Crippen LogP contribution is 2.17. The summed E-state index contributed by atoms with van der Waals surface area (Å²) in [6.07, 6.45) is 0.590. The number of rotatable bonds is 8. The Morgan fingerprint density at radius 3 is 2.48 bits per heavy atom. The van der Waals surface area contributed by atoms with E-state index in [2.05, 4.69) is 10.6 Å². The van der Waals surface area contributed by atoms with E-state index in [1.54, 1.807) is 36.4 Å². The molecule has 6 heteroatoms. The molecule has 0 fully saturated rings. The Hall–Kier alpha value is -2.89. The lowest BCUT2D eigenvalue weighted by molar-refractivity contribution is -0.120. The van der Waals surface area contributed by atoms with E-state index in [9.17, 15) is 14.0 Å². The number of hydrogen-bond donors (Lipinski definition) is 2. The zero-order valence-electron chi connectivity index (χ0n) is 14.0. The largest absolute Gasteiger partial charge is 0.493 e. The van der Waals surface area contributed by atoms with Crippen LogP contribution >= 0.6 is 0 Å². The van der Waals surface area contributed by atoms with Gasteiger partial charge in [0.1, 0.15) is 11.6 Å². The number of carbonyl (C=O) groups is 2. The molecule has 0 saturated heterocycles. The third kappa shape index (κ3) is 5.91. The predicted octanol–water partition coefficient (Wildman–Crippen LogP) is 2.31. The van der Waals surface area contributed by atoms with Gasteiger partial charge < -0.3 is 15.4 Å². The quantitative estimate of drug-likeness (QED) is 0.772. The second-order valence-electron chi connectivity index (χ2n) is 5.34. The van der Waals surface area contributed by atoms with Crippen LogP contribution in [0.25, 0.3) is 0 Å². The van der Waals surface area contributed by atoms with E-state index in [0.29, 0.717) is 30.9 Å². The second-order valence-corrected chi connectivity index (χ2v) is 5.34. The molecule has 0 radical (unpaired) electrons. The summed E-state index contributed by atoms with van der Waals surface area (Å²) in [6.45, 7) is 2.58. The molecule has 25 heavy (non-hydrogen) atoms. The van der Waals surface area contributed by atoms with Crippen molar-refractivity contribution >= 4 is 11.8 Å². The van der Waals surface area contributed by atoms with Crippen LogP contribution in [0.4, 0.5) is 4.39 Å². The number of para-hydroxylation sites is 1. The molecule has 0 aromatic heterocycles. The maximum atomic E-state index is 12.8. The fourth-order valence-corrected chi connectivity index (χ4v) is 2.25. The van der Waals surface area contributed by atoms with Gasteiger partial charge in [0.2, 0.25) is 5.91 Å². The summed E-state index contributed by atoms with van der Waals surface area (Å²) in [5.41, 5.74) is 1.32. The summed E-state index contributed by atoms with van der Waals surface area (Å²) in [7, 11) is 0. The molecule has 2 rings (SSSR count). The van der Waals surface area contributed by atoms with Gasteiger partial charge in [0, 0.05) is 6.54 Å². The lowest BCUT2D eigenvalue weighted by Gasteiger charge is -2.10. The van der Waals surface area contributed by atoms with Gasteiger partial charge in [-0.15, -0.1) is 0 Å². The van der Waals surface area contributed by atoms with Gasteiger partial charge in [-0.05, 0) is 43.2 Å². The smallest absolute Gasteiger partial charge is 0.255 e. The standard InChI is InChI=1S/C19H21FN2O3/c1-2-25-17-6-4-3-5-16(17)19(24)22-13-18(23)21-12-11-14-7-9-15(20)10-8-14/h3-10H,2,11-13H2,1H3,(H,21,23)(H,22,24). The number of nitrogens with one attached hydrogen (secondary N) is 2. The molecule has 2 N–H and O–H groups in total. The Balaban J connectivity index is 1.76. The van der Waals surface area contributed by atoms with Crippen LogP contribution in [0.15, 0.2) is 48.5 Å². The first-order valence-electron chi connectivity index (χ1n) is 8.11. The summed E-state index contributed by atoms with van der Waals surface area (Å²) in [5.74, 6) is -0.455. The van der Waals surface area contributed by atoms with Crippen LogP contribution in [0.3, 0.4) is 0 Å². The van der Waals surface area contributed by atoms with Gasteiger partial charge >= 0.3 is 0 Å². The third-order valence-corrected chi connectivity index (χ3v) is 3.49. The van der Waals surface area contributed by atoms with Crippen molar-refractivity contribution in [2.75, 3.05) is 19.7 Å². The Morgan fingerprint density at radius 1 is 1.04 bits per heavy atom. The van der Waals surface area contributed by atoms with Crippen molar-refractivity contribution in [1.82, 2.24) is 10.6 Å². The fourth-order valence-electron chi connectivity index (χ4n) is 2.25. The number of amides is 2. The van der Waals surface area contributed by atoms with E-state index >= 15 is 0 Å². The molecule has 5 nitrogen and oxygen atoms in total.